The number of nitrogens with two attached hydrogens (primary N) is 1. The average Bonchev–Trinajstić information content (AvgIpc) is 2.55. The number of ether oxygens (including phenoxy) is 2. The molecule has 0 saturated heterocycles. The maximum Gasteiger partial charge on any atom is 0.122 e. The fourth-order valence-corrected chi connectivity index (χ4v) is 2.61. The number of hydrogen-bond acceptors (Lipinski definition) is 3. The molecule has 3 heteroatoms. The van der Waals surface area contributed by atoms with Crippen LogP contribution in [0.1, 0.15) is 18.1 Å². The smallest absolute Gasteiger partial charge is 0.122 e. The molecule has 0 aromatic heterocycles. The molecule has 1 unspecified atom stereocenters. The number of benzene rings is 2. The molecule has 0 saturated carbocycles. The van der Waals surface area contributed by atoms with Gasteiger partial charge in [-0.15, -0.1) is 0 Å². The van der Waals surface area contributed by atoms with Crippen LogP contribution in [0.5, 0.6) is 11.5 Å². The Balaban J connectivity index is 2.31. The van der Waals surface area contributed by atoms with Crippen LogP contribution < -0.4 is 15.2 Å². The van der Waals surface area contributed by atoms with Gasteiger partial charge in [0.2, 0.25) is 0 Å². The highest BCUT2D eigenvalue weighted by molar-refractivity contribution is 5.41. The van der Waals surface area contributed by atoms with Crippen molar-refractivity contribution in [1.29, 1.82) is 0 Å². The van der Waals surface area contributed by atoms with Crippen molar-refractivity contribution in [2.45, 2.75) is 18.8 Å². The molecule has 0 radical (unpaired) electrons. The first-order valence-corrected chi connectivity index (χ1v) is 7.09. The van der Waals surface area contributed by atoms with Gasteiger partial charge in [0.05, 0.1) is 14.2 Å². The average molecular weight is 285 g/mol. The van der Waals surface area contributed by atoms with E-state index < -0.39 is 0 Å². The second kappa shape index (κ2) is 6.64. The van der Waals surface area contributed by atoms with Crippen LogP contribution in [-0.2, 0) is 11.8 Å². The topological polar surface area (TPSA) is 44.5 Å². The van der Waals surface area contributed by atoms with Gasteiger partial charge in [0, 0.05) is 17.5 Å². The molecule has 0 heterocycles. The highest BCUT2D eigenvalue weighted by Crippen LogP contribution is 2.34. The summed E-state index contributed by atoms with van der Waals surface area (Å²) in [4.78, 5) is 0. The number of methoxy groups -OCH3 is 2. The van der Waals surface area contributed by atoms with Gasteiger partial charge in [0.15, 0.2) is 0 Å². The predicted octanol–water partition coefficient (Wildman–Crippen LogP) is 3.16. The molecule has 2 aromatic rings. The van der Waals surface area contributed by atoms with E-state index in [1.807, 2.05) is 30.3 Å². The minimum atomic E-state index is -0.165. The first-order chi connectivity index (χ1) is 10.1. The van der Waals surface area contributed by atoms with E-state index in [1.165, 1.54) is 5.56 Å². The largest absolute Gasteiger partial charge is 0.497 e. The van der Waals surface area contributed by atoms with E-state index >= 15 is 0 Å². The fraction of sp³-hybridized carbons (Fsp3) is 0.333. The molecule has 1 atom stereocenters. The van der Waals surface area contributed by atoms with Gasteiger partial charge in [0.1, 0.15) is 11.5 Å². The zero-order valence-corrected chi connectivity index (χ0v) is 12.9. The molecular formula is C18H23NO2. The van der Waals surface area contributed by atoms with Gasteiger partial charge in [-0.1, -0.05) is 37.3 Å². The molecule has 112 valence electrons. The molecule has 0 fully saturated rings. The Labute approximate surface area is 126 Å². The van der Waals surface area contributed by atoms with Crippen LogP contribution in [0.4, 0.5) is 0 Å². The lowest BCUT2D eigenvalue weighted by Gasteiger charge is -2.30. The molecule has 0 bridgehead atoms. The van der Waals surface area contributed by atoms with Gasteiger partial charge in [-0.3, -0.25) is 0 Å². The summed E-state index contributed by atoms with van der Waals surface area (Å²) in [5.74, 6) is 1.75. The molecule has 0 amide bonds. The molecule has 0 aliphatic rings. The van der Waals surface area contributed by atoms with Gasteiger partial charge in [-0.05, 0) is 30.2 Å². The van der Waals surface area contributed by atoms with Crippen LogP contribution in [-0.4, -0.2) is 20.8 Å². The number of para-hydroxylation sites is 1. The summed E-state index contributed by atoms with van der Waals surface area (Å²) in [6, 6.07) is 16.2. The molecule has 0 spiro atoms. The van der Waals surface area contributed by atoms with Crippen LogP contribution in [0.3, 0.4) is 0 Å². The van der Waals surface area contributed by atoms with Gasteiger partial charge in [-0.25, -0.2) is 0 Å². The monoisotopic (exact) mass is 285 g/mol. The third kappa shape index (κ3) is 3.37. The zero-order valence-electron chi connectivity index (χ0n) is 12.9. The van der Waals surface area contributed by atoms with Crippen LogP contribution >= 0.6 is 0 Å². The van der Waals surface area contributed by atoms with Crippen molar-refractivity contribution >= 4 is 0 Å². The lowest BCUT2D eigenvalue weighted by Crippen LogP contribution is -2.34. The van der Waals surface area contributed by atoms with Gasteiger partial charge in [-0.2, -0.15) is 0 Å². The second-order valence-electron chi connectivity index (χ2n) is 5.49. The molecule has 2 rings (SSSR count). The number of hydrogen-bond donors (Lipinski definition) is 1. The SMILES string of the molecule is COc1ccc(CC(C)(CN)c2ccccc2OC)cc1. The van der Waals surface area contributed by atoms with E-state index in [1.54, 1.807) is 14.2 Å². The first-order valence-electron chi connectivity index (χ1n) is 7.09. The van der Waals surface area contributed by atoms with Gasteiger partial charge >= 0.3 is 0 Å². The summed E-state index contributed by atoms with van der Waals surface area (Å²) in [6.45, 7) is 2.73. The highest BCUT2D eigenvalue weighted by Gasteiger charge is 2.28. The van der Waals surface area contributed by atoms with Crippen LogP contribution in [0, 0.1) is 0 Å². The van der Waals surface area contributed by atoms with E-state index in [4.69, 9.17) is 15.2 Å². The summed E-state index contributed by atoms with van der Waals surface area (Å²) in [6.07, 6.45) is 0.855. The summed E-state index contributed by atoms with van der Waals surface area (Å²) in [5.41, 5.74) is 8.30. The van der Waals surface area contributed by atoms with E-state index in [2.05, 4.69) is 25.1 Å². The molecule has 0 aliphatic carbocycles. The van der Waals surface area contributed by atoms with Crippen molar-refractivity contribution in [2.24, 2.45) is 5.73 Å². The van der Waals surface area contributed by atoms with Crippen molar-refractivity contribution in [3.8, 4) is 11.5 Å². The predicted molar refractivity (Wildman–Crippen MR) is 86.1 cm³/mol. The van der Waals surface area contributed by atoms with Crippen LogP contribution in [0.2, 0.25) is 0 Å². The standard InChI is InChI=1S/C18H23NO2/c1-18(13-19,16-6-4-5-7-17(16)21-3)12-14-8-10-15(20-2)11-9-14/h4-11H,12-13,19H2,1-3H3. The van der Waals surface area contributed by atoms with Crippen molar-refractivity contribution in [3.05, 3.63) is 59.7 Å². The van der Waals surface area contributed by atoms with Crippen molar-refractivity contribution in [2.75, 3.05) is 20.8 Å². The molecule has 21 heavy (non-hydrogen) atoms. The van der Waals surface area contributed by atoms with Crippen molar-refractivity contribution < 1.29 is 9.47 Å². The third-order valence-electron chi connectivity index (χ3n) is 3.96. The van der Waals surface area contributed by atoms with Gasteiger partial charge < -0.3 is 15.2 Å². The van der Waals surface area contributed by atoms with E-state index in [0.29, 0.717) is 6.54 Å². The Morgan fingerprint density at radius 1 is 0.952 bits per heavy atom. The minimum absolute atomic E-state index is 0.165. The van der Waals surface area contributed by atoms with E-state index in [-0.39, 0.29) is 5.41 Å². The van der Waals surface area contributed by atoms with Gasteiger partial charge in [0.25, 0.3) is 0 Å². The highest BCUT2D eigenvalue weighted by atomic mass is 16.5. The molecule has 3 nitrogen and oxygen atoms in total. The van der Waals surface area contributed by atoms with Crippen molar-refractivity contribution in [3.63, 3.8) is 0 Å². The Morgan fingerprint density at radius 2 is 1.62 bits per heavy atom. The molecule has 2 N–H and O–H groups in total. The van der Waals surface area contributed by atoms with Crippen LogP contribution in [0.15, 0.2) is 48.5 Å². The summed E-state index contributed by atoms with van der Waals surface area (Å²) >= 11 is 0. The van der Waals surface area contributed by atoms with Crippen LogP contribution in [0.25, 0.3) is 0 Å². The second-order valence-corrected chi connectivity index (χ2v) is 5.49. The minimum Gasteiger partial charge on any atom is -0.497 e. The third-order valence-corrected chi connectivity index (χ3v) is 3.96. The Kier molecular flexibility index (Phi) is 4.86. The number of rotatable bonds is 6. The zero-order chi connectivity index (χ0) is 15.3. The Hall–Kier alpha value is -2.00. The maximum atomic E-state index is 6.09. The Morgan fingerprint density at radius 3 is 2.19 bits per heavy atom. The van der Waals surface area contributed by atoms with Crippen molar-refractivity contribution in [1.82, 2.24) is 0 Å². The lowest BCUT2D eigenvalue weighted by molar-refractivity contribution is 0.385. The Bertz CT molecular complexity index is 580. The molecular weight excluding hydrogens is 262 g/mol. The maximum absolute atomic E-state index is 6.09. The van der Waals surface area contributed by atoms with E-state index in [9.17, 15) is 0 Å². The molecule has 0 aliphatic heterocycles. The fourth-order valence-electron chi connectivity index (χ4n) is 2.61. The normalized spacial score (nSPS) is 13.5. The lowest BCUT2D eigenvalue weighted by atomic mass is 9.77. The first kappa shape index (κ1) is 15.4. The molecule has 2 aromatic carbocycles. The summed E-state index contributed by atoms with van der Waals surface area (Å²) in [7, 11) is 3.37. The van der Waals surface area contributed by atoms with E-state index in [0.717, 1.165) is 23.5 Å². The summed E-state index contributed by atoms with van der Waals surface area (Å²) < 4.78 is 10.7. The summed E-state index contributed by atoms with van der Waals surface area (Å²) in [5, 5.41) is 0. The quantitative estimate of drug-likeness (QED) is 0.886.